The van der Waals surface area contributed by atoms with Gasteiger partial charge >= 0.3 is 6.03 Å². The first kappa shape index (κ1) is 14.0. The fraction of sp³-hybridized carbons (Fsp3) is 0.133. The van der Waals surface area contributed by atoms with Crippen LogP contribution in [0.25, 0.3) is 0 Å². The molecule has 0 aliphatic rings. The summed E-state index contributed by atoms with van der Waals surface area (Å²) in [4.78, 5) is 11.8. The minimum Gasteiger partial charge on any atom is -0.331 e. The van der Waals surface area contributed by atoms with Gasteiger partial charge in [-0.25, -0.2) is 13.6 Å². The van der Waals surface area contributed by atoms with Crippen molar-refractivity contribution >= 4 is 11.7 Å². The number of carbonyl (C=O) groups is 1. The van der Waals surface area contributed by atoms with Crippen LogP contribution in [-0.2, 0) is 0 Å². The van der Waals surface area contributed by atoms with E-state index in [1.54, 1.807) is 0 Å². The largest absolute Gasteiger partial charge is 0.331 e. The highest BCUT2D eigenvalue weighted by atomic mass is 19.2. The van der Waals surface area contributed by atoms with Crippen molar-refractivity contribution in [3.63, 3.8) is 0 Å². The molecule has 0 aliphatic heterocycles. The van der Waals surface area contributed by atoms with Gasteiger partial charge in [0.25, 0.3) is 0 Å². The zero-order chi connectivity index (χ0) is 14.5. The zero-order valence-corrected chi connectivity index (χ0v) is 10.9. The number of hydrogen-bond donors (Lipinski definition) is 2. The molecule has 2 aromatic carbocycles. The van der Waals surface area contributed by atoms with Gasteiger partial charge in [-0.05, 0) is 24.6 Å². The lowest BCUT2D eigenvalue weighted by molar-refractivity contribution is 0.249. The van der Waals surface area contributed by atoms with E-state index in [2.05, 4.69) is 10.6 Å². The summed E-state index contributed by atoms with van der Waals surface area (Å²) in [5.74, 6) is -1.95. The van der Waals surface area contributed by atoms with Gasteiger partial charge in [0.05, 0.1) is 6.04 Å². The molecule has 2 rings (SSSR count). The number of amides is 2. The van der Waals surface area contributed by atoms with Gasteiger partial charge in [-0.1, -0.05) is 30.3 Å². The first-order valence-electron chi connectivity index (χ1n) is 6.14. The number of urea groups is 1. The summed E-state index contributed by atoms with van der Waals surface area (Å²) in [5, 5.41) is 5.17. The topological polar surface area (TPSA) is 41.1 Å². The van der Waals surface area contributed by atoms with E-state index in [1.807, 2.05) is 37.3 Å². The molecule has 2 amide bonds. The van der Waals surface area contributed by atoms with Crippen LogP contribution >= 0.6 is 0 Å². The molecule has 104 valence electrons. The summed E-state index contributed by atoms with van der Waals surface area (Å²) < 4.78 is 25.8. The quantitative estimate of drug-likeness (QED) is 0.878. The maximum Gasteiger partial charge on any atom is 0.319 e. The average molecular weight is 276 g/mol. The maximum absolute atomic E-state index is 13.0. The Morgan fingerprint density at radius 3 is 2.40 bits per heavy atom. The lowest BCUT2D eigenvalue weighted by Crippen LogP contribution is -2.31. The molecule has 1 atom stereocenters. The Morgan fingerprint density at radius 2 is 1.75 bits per heavy atom. The SMILES string of the molecule is C[C@@H](NC(=O)Nc1ccc(F)c(F)c1)c1ccccc1. The van der Waals surface area contributed by atoms with Gasteiger partial charge in [-0.2, -0.15) is 0 Å². The van der Waals surface area contributed by atoms with Crippen LogP contribution in [0.5, 0.6) is 0 Å². The predicted molar refractivity (Wildman–Crippen MR) is 73.4 cm³/mol. The molecule has 2 N–H and O–H groups in total. The molecule has 0 bridgehead atoms. The lowest BCUT2D eigenvalue weighted by atomic mass is 10.1. The van der Waals surface area contributed by atoms with Gasteiger partial charge < -0.3 is 10.6 Å². The third-order valence-corrected chi connectivity index (χ3v) is 2.82. The minimum atomic E-state index is -1.00. The fourth-order valence-corrected chi connectivity index (χ4v) is 1.76. The molecule has 0 aliphatic carbocycles. The molecule has 0 radical (unpaired) electrons. The molecule has 0 spiro atoms. The Labute approximate surface area is 115 Å². The molecular weight excluding hydrogens is 262 g/mol. The van der Waals surface area contributed by atoms with E-state index in [-0.39, 0.29) is 11.7 Å². The third-order valence-electron chi connectivity index (χ3n) is 2.82. The highest BCUT2D eigenvalue weighted by Gasteiger charge is 2.10. The maximum atomic E-state index is 13.0. The normalized spacial score (nSPS) is 11.8. The fourth-order valence-electron chi connectivity index (χ4n) is 1.76. The van der Waals surface area contributed by atoms with E-state index >= 15 is 0 Å². The van der Waals surface area contributed by atoms with E-state index in [0.29, 0.717) is 0 Å². The Kier molecular flexibility index (Phi) is 4.30. The van der Waals surface area contributed by atoms with E-state index in [4.69, 9.17) is 0 Å². The van der Waals surface area contributed by atoms with Gasteiger partial charge in [-0.15, -0.1) is 0 Å². The van der Waals surface area contributed by atoms with Crippen LogP contribution in [0.1, 0.15) is 18.5 Å². The third kappa shape index (κ3) is 3.54. The number of halogens is 2. The Balaban J connectivity index is 1.97. The van der Waals surface area contributed by atoms with Crippen molar-refractivity contribution in [2.45, 2.75) is 13.0 Å². The van der Waals surface area contributed by atoms with Crippen LogP contribution in [0.15, 0.2) is 48.5 Å². The predicted octanol–water partition coefficient (Wildman–Crippen LogP) is 3.85. The van der Waals surface area contributed by atoms with Crippen molar-refractivity contribution in [1.82, 2.24) is 5.32 Å². The van der Waals surface area contributed by atoms with Crippen LogP contribution in [0.4, 0.5) is 19.3 Å². The number of carbonyl (C=O) groups excluding carboxylic acids is 1. The first-order valence-corrected chi connectivity index (χ1v) is 6.14. The molecule has 0 aromatic heterocycles. The number of rotatable bonds is 3. The van der Waals surface area contributed by atoms with Crippen LogP contribution in [-0.4, -0.2) is 6.03 Å². The zero-order valence-electron chi connectivity index (χ0n) is 10.9. The van der Waals surface area contributed by atoms with Crippen LogP contribution in [0.3, 0.4) is 0 Å². The Hall–Kier alpha value is -2.43. The molecule has 3 nitrogen and oxygen atoms in total. The Morgan fingerprint density at radius 1 is 1.05 bits per heavy atom. The van der Waals surface area contributed by atoms with Gasteiger partial charge in [-0.3, -0.25) is 0 Å². The number of nitrogens with one attached hydrogen (secondary N) is 2. The molecule has 0 fully saturated rings. The summed E-state index contributed by atoms with van der Waals surface area (Å²) in [6.45, 7) is 1.83. The van der Waals surface area contributed by atoms with Crippen LogP contribution < -0.4 is 10.6 Å². The van der Waals surface area contributed by atoms with Gasteiger partial charge in [0.2, 0.25) is 0 Å². The lowest BCUT2D eigenvalue weighted by Gasteiger charge is -2.15. The van der Waals surface area contributed by atoms with Crippen LogP contribution in [0, 0.1) is 11.6 Å². The van der Waals surface area contributed by atoms with Crippen molar-refractivity contribution in [3.05, 3.63) is 65.7 Å². The second-order valence-electron chi connectivity index (χ2n) is 4.36. The standard InChI is InChI=1S/C15H14F2N2O/c1-10(11-5-3-2-4-6-11)18-15(20)19-12-7-8-13(16)14(17)9-12/h2-10H,1H3,(H2,18,19,20)/t10-/m1/s1. The molecular formula is C15H14F2N2O. The van der Waals surface area contributed by atoms with Gasteiger partial charge in [0.1, 0.15) is 0 Å². The van der Waals surface area contributed by atoms with E-state index in [0.717, 1.165) is 17.7 Å². The summed E-state index contributed by atoms with van der Waals surface area (Å²) in [6, 6.07) is 11.9. The number of anilines is 1. The Bertz CT molecular complexity index is 602. The smallest absolute Gasteiger partial charge is 0.319 e. The van der Waals surface area contributed by atoms with E-state index in [9.17, 15) is 13.6 Å². The highest BCUT2D eigenvalue weighted by molar-refractivity contribution is 5.89. The highest BCUT2D eigenvalue weighted by Crippen LogP contribution is 2.14. The summed E-state index contributed by atoms with van der Waals surface area (Å²) >= 11 is 0. The van der Waals surface area contributed by atoms with Crippen molar-refractivity contribution < 1.29 is 13.6 Å². The molecule has 0 unspecified atom stereocenters. The number of hydrogen-bond acceptors (Lipinski definition) is 1. The molecule has 5 heteroatoms. The molecule has 20 heavy (non-hydrogen) atoms. The van der Waals surface area contributed by atoms with E-state index < -0.39 is 17.7 Å². The molecule has 0 heterocycles. The number of benzene rings is 2. The second kappa shape index (κ2) is 6.14. The molecule has 0 saturated carbocycles. The minimum absolute atomic E-state index is 0.193. The monoisotopic (exact) mass is 276 g/mol. The van der Waals surface area contributed by atoms with Crippen molar-refractivity contribution in [2.75, 3.05) is 5.32 Å². The summed E-state index contributed by atoms with van der Waals surface area (Å²) in [7, 11) is 0. The summed E-state index contributed by atoms with van der Waals surface area (Å²) in [5.41, 5.74) is 1.15. The average Bonchev–Trinajstić information content (AvgIpc) is 2.44. The van der Waals surface area contributed by atoms with Crippen molar-refractivity contribution in [2.24, 2.45) is 0 Å². The van der Waals surface area contributed by atoms with Crippen LogP contribution in [0.2, 0.25) is 0 Å². The van der Waals surface area contributed by atoms with E-state index in [1.165, 1.54) is 6.07 Å². The van der Waals surface area contributed by atoms with Crippen molar-refractivity contribution in [1.29, 1.82) is 0 Å². The molecule has 0 saturated heterocycles. The van der Waals surface area contributed by atoms with Crippen molar-refractivity contribution in [3.8, 4) is 0 Å². The van der Waals surface area contributed by atoms with Gasteiger partial charge in [0.15, 0.2) is 11.6 Å². The second-order valence-corrected chi connectivity index (χ2v) is 4.36. The first-order chi connectivity index (χ1) is 9.56. The summed E-state index contributed by atoms with van der Waals surface area (Å²) in [6.07, 6.45) is 0. The van der Waals surface area contributed by atoms with Gasteiger partial charge in [0, 0.05) is 11.8 Å². The molecule has 2 aromatic rings.